The Bertz CT molecular complexity index is 999. The van der Waals surface area contributed by atoms with Crippen LogP contribution in [0.3, 0.4) is 0 Å². The van der Waals surface area contributed by atoms with Crippen LogP contribution in [0.15, 0.2) is 41.3 Å². The zero-order chi connectivity index (χ0) is 22.1. The van der Waals surface area contributed by atoms with E-state index < -0.39 is 10.0 Å². The van der Waals surface area contributed by atoms with Gasteiger partial charge in [-0.3, -0.25) is 0 Å². The number of unbranched alkanes of at least 4 members (excludes halogenated alkanes) is 1. The van der Waals surface area contributed by atoms with Gasteiger partial charge in [-0.15, -0.1) is 5.10 Å². The van der Waals surface area contributed by atoms with Gasteiger partial charge in [-0.2, -0.15) is 0 Å². The van der Waals surface area contributed by atoms with Gasteiger partial charge < -0.3 is 0 Å². The van der Waals surface area contributed by atoms with Crippen LogP contribution in [0.4, 0.5) is 0 Å². The number of rotatable bonds is 9. The smallest absolute Gasteiger partial charge is 0.240 e. The molecule has 2 N–H and O–H groups in total. The van der Waals surface area contributed by atoms with Crippen molar-refractivity contribution in [2.24, 2.45) is 23.2 Å². The lowest BCUT2D eigenvalue weighted by Crippen LogP contribution is -2.63. The van der Waals surface area contributed by atoms with Crippen molar-refractivity contribution in [3.05, 3.63) is 47.8 Å². The highest BCUT2D eigenvalue weighted by atomic mass is 32.2. The minimum absolute atomic E-state index is 0.0174. The molecule has 0 radical (unpaired) electrons. The molecule has 0 spiro atoms. The van der Waals surface area contributed by atoms with Gasteiger partial charge in [0.05, 0.1) is 4.90 Å². The second-order valence-corrected chi connectivity index (χ2v) is 11.5. The van der Waals surface area contributed by atoms with E-state index >= 15 is 0 Å². The fourth-order valence-electron chi connectivity index (χ4n) is 5.35. The van der Waals surface area contributed by atoms with Gasteiger partial charge in [0, 0.05) is 12.5 Å². The van der Waals surface area contributed by atoms with Crippen LogP contribution in [0, 0.1) is 30.1 Å². The number of fused-ring (bicyclic) bond motifs is 2. The molecule has 4 atom stereocenters. The Hall–Kier alpha value is -2.06. The number of H-pyrrole nitrogens is 1. The summed E-state index contributed by atoms with van der Waals surface area (Å²) in [6, 6.07) is 7.10. The molecule has 2 aromatic rings. The monoisotopic (exact) mass is 443 g/mol. The highest BCUT2D eigenvalue weighted by molar-refractivity contribution is 7.89. The zero-order valence-corrected chi connectivity index (χ0v) is 19.4. The number of aromatic nitrogens is 4. The summed E-state index contributed by atoms with van der Waals surface area (Å²) in [6.45, 7) is 6.56. The van der Waals surface area contributed by atoms with Gasteiger partial charge in [0.25, 0.3) is 0 Å². The van der Waals surface area contributed by atoms with E-state index in [-0.39, 0.29) is 11.5 Å². The fraction of sp³-hybridized carbons (Fsp3) is 0.609. The number of sulfonamides is 1. The van der Waals surface area contributed by atoms with Crippen LogP contribution in [0.1, 0.15) is 57.3 Å². The molecular weight excluding hydrogens is 410 g/mol. The van der Waals surface area contributed by atoms with Crippen molar-refractivity contribution >= 4 is 10.0 Å². The van der Waals surface area contributed by atoms with E-state index in [0.717, 1.165) is 49.9 Å². The second kappa shape index (κ2) is 8.82. The molecule has 2 bridgehead atoms. The van der Waals surface area contributed by atoms with Crippen molar-refractivity contribution in [1.29, 1.82) is 0 Å². The molecule has 1 aromatic heterocycles. The molecule has 0 unspecified atom stereocenters. The number of benzene rings is 1. The fourth-order valence-corrected chi connectivity index (χ4v) is 6.70. The highest BCUT2D eigenvalue weighted by Crippen LogP contribution is 2.61. The molecule has 3 aliphatic carbocycles. The summed E-state index contributed by atoms with van der Waals surface area (Å²) < 4.78 is 29.3. The second-order valence-electron chi connectivity index (χ2n) is 9.76. The maximum absolute atomic E-state index is 13.1. The van der Waals surface area contributed by atoms with Gasteiger partial charge in [0.2, 0.25) is 10.0 Å². The van der Waals surface area contributed by atoms with Crippen LogP contribution in [0.2, 0.25) is 0 Å². The number of hydrogen-bond acceptors (Lipinski definition) is 5. The summed E-state index contributed by atoms with van der Waals surface area (Å²) in [5.41, 5.74) is 1.26. The third kappa shape index (κ3) is 4.75. The molecular formula is C23H33N5O2S. The van der Waals surface area contributed by atoms with Crippen LogP contribution in [-0.4, -0.2) is 35.1 Å². The van der Waals surface area contributed by atoms with Crippen LogP contribution < -0.4 is 4.72 Å². The molecule has 1 heterocycles. The van der Waals surface area contributed by atoms with E-state index in [0.29, 0.717) is 22.6 Å². The Balaban J connectivity index is 1.39. The predicted octanol–water partition coefficient (Wildman–Crippen LogP) is 3.81. The molecule has 5 rings (SSSR count). The quantitative estimate of drug-likeness (QED) is 0.453. The average Bonchev–Trinajstić information content (AvgIpc) is 3.24. The SMILES string of the molecule is Cc1ccc(S(=O)(=O)N[C@@H]2[C@@H](C/C=C\CCCc3nnn[nH]3)C[C@H]3C[C@@H]2C3(C)C)cc1. The number of hydrogen-bond donors (Lipinski definition) is 2. The number of nitrogens with zero attached hydrogens (tertiary/aromatic N) is 3. The molecule has 168 valence electrons. The van der Waals surface area contributed by atoms with E-state index in [9.17, 15) is 8.42 Å². The van der Waals surface area contributed by atoms with Crippen LogP contribution in [0.5, 0.6) is 0 Å². The highest BCUT2D eigenvalue weighted by Gasteiger charge is 2.58. The molecule has 1 aromatic carbocycles. The number of aromatic amines is 1. The van der Waals surface area contributed by atoms with Gasteiger partial charge >= 0.3 is 0 Å². The normalized spacial score (nSPS) is 27.3. The number of allylic oxidation sites excluding steroid dienone is 2. The Kier molecular flexibility index (Phi) is 6.30. The minimum Gasteiger partial charge on any atom is -0.243 e. The molecule has 0 saturated heterocycles. The Labute approximate surface area is 185 Å². The van der Waals surface area contributed by atoms with Gasteiger partial charge in [0.15, 0.2) is 0 Å². The van der Waals surface area contributed by atoms with Gasteiger partial charge in [0.1, 0.15) is 5.82 Å². The summed E-state index contributed by atoms with van der Waals surface area (Å²) in [4.78, 5) is 0.355. The largest absolute Gasteiger partial charge is 0.243 e. The first kappa shape index (κ1) is 22.1. The van der Waals surface area contributed by atoms with Crippen molar-refractivity contribution < 1.29 is 8.42 Å². The van der Waals surface area contributed by atoms with E-state index in [1.54, 1.807) is 12.1 Å². The van der Waals surface area contributed by atoms with Gasteiger partial charge in [-0.1, -0.05) is 43.7 Å². The first-order valence-electron chi connectivity index (χ1n) is 11.2. The molecule has 0 aliphatic heterocycles. The molecule has 3 aliphatic rings. The summed E-state index contributed by atoms with van der Waals surface area (Å²) in [5.74, 6) is 2.24. The molecule has 3 saturated carbocycles. The third-order valence-electron chi connectivity index (χ3n) is 7.48. The van der Waals surface area contributed by atoms with Gasteiger partial charge in [-0.25, -0.2) is 18.2 Å². The van der Waals surface area contributed by atoms with E-state index in [1.165, 1.54) is 0 Å². The first-order chi connectivity index (χ1) is 14.8. The Morgan fingerprint density at radius 2 is 1.97 bits per heavy atom. The topological polar surface area (TPSA) is 101 Å². The third-order valence-corrected chi connectivity index (χ3v) is 8.95. The lowest BCUT2D eigenvalue weighted by Gasteiger charge is -2.62. The van der Waals surface area contributed by atoms with Crippen molar-refractivity contribution in [2.45, 2.75) is 70.2 Å². The Morgan fingerprint density at radius 1 is 1.19 bits per heavy atom. The van der Waals surface area contributed by atoms with Crippen molar-refractivity contribution in [3.63, 3.8) is 0 Å². The standard InChI is InChI=1S/C23H33N5O2S/c1-16-10-12-19(13-11-16)31(29,30)26-22-17(14-18-15-20(22)23(18,2)3)8-6-4-5-7-9-21-24-27-28-25-21/h4,6,10-13,17-18,20,22,26H,5,7-9,14-15H2,1-3H3,(H,24,25,27,28)/b6-4-/t17-,18-,20-,22+/m0/s1. The predicted molar refractivity (Wildman–Crippen MR) is 120 cm³/mol. The molecule has 8 heteroatoms. The summed E-state index contributed by atoms with van der Waals surface area (Å²) in [6.07, 6.45) is 10.3. The lowest BCUT2D eigenvalue weighted by molar-refractivity contribution is -0.108. The van der Waals surface area contributed by atoms with E-state index in [2.05, 4.69) is 51.3 Å². The maximum atomic E-state index is 13.1. The maximum Gasteiger partial charge on any atom is 0.240 e. The minimum atomic E-state index is -3.53. The number of nitrogens with one attached hydrogen (secondary N) is 2. The summed E-state index contributed by atoms with van der Waals surface area (Å²) in [7, 11) is -3.53. The van der Waals surface area contributed by atoms with Crippen LogP contribution in [-0.2, 0) is 16.4 Å². The van der Waals surface area contributed by atoms with Gasteiger partial charge in [-0.05, 0) is 84.8 Å². The molecule has 3 fully saturated rings. The average molecular weight is 444 g/mol. The zero-order valence-electron chi connectivity index (χ0n) is 18.6. The Morgan fingerprint density at radius 3 is 2.65 bits per heavy atom. The molecule has 31 heavy (non-hydrogen) atoms. The lowest BCUT2D eigenvalue weighted by atomic mass is 9.45. The first-order valence-corrected chi connectivity index (χ1v) is 12.7. The summed E-state index contributed by atoms with van der Waals surface area (Å²) in [5, 5.41) is 13.9. The van der Waals surface area contributed by atoms with Crippen molar-refractivity contribution in [3.8, 4) is 0 Å². The molecule has 0 amide bonds. The van der Waals surface area contributed by atoms with Crippen molar-refractivity contribution in [1.82, 2.24) is 25.3 Å². The number of aryl methyl sites for hydroxylation is 2. The van der Waals surface area contributed by atoms with Crippen molar-refractivity contribution in [2.75, 3.05) is 0 Å². The van der Waals surface area contributed by atoms with E-state index in [1.807, 2.05) is 19.1 Å². The number of tetrazole rings is 1. The summed E-state index contributed by atoms with van der Waals surface area (Å²) >= 11 is 0. The van der Waals surface area contributed by atoms with Crippen LogP contribution in [0.25, 0.3) is 0 Å². The van der Waals surface area contributed by atoms with E-state index in [4.69, 9.17) is 0 Å². The molecule has 7 nitrogen and oxygen atoms in total. The van der Waals surface area contributed by atoms with Crippen LogP contribution >= 0.6 is 0 Å².